The fourth-order valence-electron chi connectivity index (χ4n) is 3.15. The molecule has 0 saturated carbocycles. The number of nitrogens with one attached hydrogen (secondary N) is 1. The van der Waals surface area contributed by atoms with Gasteiger partial charge in [-0.05, 0) is 24.1 Å². The molecule has 1 aromatic heterocycles. The van der Waals surface area contributed by atoms with Gasteiger partial charge in [-0.1, -0.05) is 31.5 Å². The highest BCUT2D eigenvalue weighted by molar-refractivity contribution is 6.30. The number of quaternary nitrogens is 1. The maximum atomic E-state index is 13.0. The van der Waals surface area contributed by atoms with E-state index in [1.54, 1.807) is 6.20 Å². The van der Waals surface area contributed by atoms with Crippen LogP contribution in [0.3, 0.4) is 0 Å². The first-order chi connectivity index (χ1) is 11.5. The van der Waals surface area contributed by atoms with E-state index < -0.39 is 0 Å². The summed E-state index contributed by atoms with van der Waals surface area (Å²) < 4.78 is 1.84. The maximum absolute atomic E-state index is 13.0. The van der Waals surface area contributed by atoms with Crippen LogP contribution in [0.2, 0.25) is 5.02 Å². The topological polar surface area (TPSA) is 42.6 Å². The highest BCUT2D eigenvalue weighted by atomic mass is 35.5. The number of benzene rings is 1. The van der Waals surface area contributed by atoms with Crippen molar-refractivity contribution in [2.24, 2.45) is 0 Å². The predicted octanol–water partition coefficient (Wildman–Crippen LogP) is 1.62. The zero-order valence-electron chi connectivity index (χ0n) is 14.4. The smallest absolute Gasteiger partial charge is 0.257 e. The van der Waals surface area contributed by atoms with Crippen molar-refractivity contribution in [3.8, 4) is 5.69 Å². The number of rotatable bonds is 3. The minimum Gasteiger partial charge on any atom is -0.334 e. The van der Waals surface area contributed by atoms with Crippen molar-refractivity contribution in [2.45, 2.75) is 19.8 Å². The van der Waals surface area contributed by atoms with Gasteiger partial charge in [-0.25, -0.2) is 4.68 Å². The monoisotopic (exact) mass is 347 g/mol. The van der Waals surface area contributed by atoms with Crippen molar-refractivity contribution >= 4 is 17.5 Å². The van der Waals surface area contributed by atoms with Gasteiger partial charge in [-0.15, -0.1) is 0 Å². The standard InChI is InChI=1S/C18H23ClN4O/c1-13(2)17-16(18(24)22-9-7-21(3)8-10-22)12-20-23(17)15-6-4-5-14(19)11-15/h4-6,11-13H,7-10H2,1-3H3/p+1. The fraction of sp³-hybridized carbons (Fsp3) is 0.444. The van der Waals surface area contributed by atoms with Crippen LogP contribution >= 0.6 is 11.6 Å². The van der Waals surface area contributed by atoms with Gasteiger partial charge in [0.15, 0.2) is 0 Å². The molecular formula is C18H24ClN4O+. The molecule has 1 aromatic carbocycles. The first kappa shape index (κ1) is 17.0. The number of hydrogen-bond donors (Lipinski definition) is 1. The number of carbonyl (C=O) groups is 1. The van der Waals surface area contributed by atoms with E-state index in [0.29, 0.717) is 10.6 Å². The van der Waals surface area contributed by atoms with Gasteiger partial charge in [0.1, 0.15) is 0 Å². The minimum absolute atomic E-state index is 0.0829. The Morgan fingerprint density at radius 3 is 2.62 bits per heavy atom. The van der Waals surface area contributed by atoms with Crippen LogP contribution in [0.15, 0.2) is 30.5 Å². The number of aromatic nitrogens is 2. The molecule has 6 heteroatoms. The van der Waals surface area contributed by atoms with E-state index in [4.69, 9.17) is 11.6 Å². The van der Waals surface area contributed by atoms with Crippen molar-refractivity contribution < 1.29 is 9.69 Å². The van der Waals surface area contributed by atoms with Crippen LogP contribution in [0.4, 0.5) is 0 Å². The number of amides is 1. The molecule has 0 unspecified atom stereocenters. The van der Waals surface area contributed by atoms with Crippen LogP contribution < -0.4 is 4.90 Å². The summed E-state index contributed by atoms with van der Waals surface area (Å²) in [6, 6.07) is 7.56. The molecule has 2 heterocycles. The van der Waals surface area contributed by atoms with Crippen LogP contribution in [0, 0.1) is 0 Å². The summed E-state index contributed by atoms with van der Waals surface area (Å²) in [6.07, 6.45) is 1.70. The van der Waals surface area contributed by atoms with Gasteiger partial charge in [0.2, 0.25) is 0 Å². The van der Waals surface area contributed by atoms with Crippen LogP contribution in [0.25, 0.3) is 5.69 Å². The molecule has 1 N–H and O–H groups in total. The molecule has 1 fully saturated rings. The van der Waals surface area contributed by atoms with Gasteiger partial charge < -0.3 is 9.80 Å². The molecule has 1 amide bonds. The number of likely N-dealkylation sites (N-methyl/N-ethyl adjacent to an activating group) is 1. The van der Waals surface area contributed by atoms with Crippen LogP contribution in [-0.4, -0.2) is 53.8 Å². The molecular weight excluding hydrogens is 324 g/mol. The third-order valence-corrected chi connectivity index (χ3v) is 4.78. The molecule has 5 nitrogen and oxygen atoms in total. The third-order valence-electron chi connectivity index (χ3n) is 4.54. The molecule has 3 rings (SSSR count). The van der Waals surface area contributed by atoms with Crippen molar-refractivity contribution in [2.75, 3.05) is 33.2 Å². The Morgan fingerprint density at radius 2 is 2.00 bits per heavy atom. The van der Waals surface area contributed by atoms with Crippen molar-refractivity contribution in [1.29, 1.82) is 0 Å². The van der Waals surface area contributed by atoms with Crippen LogP contribution in [0.5, 0.6) is 0 Å². The molecule has 0 bridgehead atoms. The average molecular weight is 348 g/mol. The van der Waals surface area contributed by atoms with E-state index in [-0.39, 0.29) is 11.8 Å². The normalized spacial score (nSPS) is 16.0. The van der Waals surface area contributed by atoms with Crippen molar-refractivity contribution in [3.63, 3.8) is 0 Å². The van der Waals surface area contributed by atoms with Crippen molar-refractivity contribution in [1.82, 2.24) is 14.7 Å². The summed E-state index contributed by atoms with van der Waals surface area (Å²) >= 11 is 6.11. The largest absolute Gasteiger partial charge is 0.334 e. The van der Waals surface area contributed by atoms with E-state index in [1.807, 2.05) is 33.8 Å². The lowest BCUT2D eigenvalue weighted by Crippen LogP contribution is -3.12. The van der Waals surface area contributed by atoms with E-state index in [0.717, 1.165) is 37.6 Å². The summed E-state index contributed by atoms with van der Waals surface area (Å²) in [7, 11) is 2.17. The zero-order chi connectivity index (χ0) is 17.3. The van der Waals surface area contributed by atoms with Gasteiger partial charge in [0, 0.05) is 5.02 Å². The first-order valence-electron chi connectivity index (χ1n) is 8.42. The molecule has 0 radical (unpaired) electrons. The SMILES string of the molecule is CC(C)c1c(C(=O)N2CC[NH+](C)CC2)cnn1-c1cccc(Cl)c1. The molecule has 2 aromatic rings. The van der Waals surface area contributed by atoms with Gasteiger partial charge >= 0.3 is 0 Å². The van der Waals surface area contributed by atoms with E-state index in [9.17, 15) is 4.79 Å². The van der Waals surface area contributed by atoms with E-state index >= 15 is 0 Å². The zero-order valence-corrected chi connectivity index (χ0v) is 15.2. The summed E-state index contributed by atoms with van der Waals surface area (Å²) in [6.45, 7) is 7.75. The molecule has 0 spiro atoms. The lowest BCUT2D eigenvalue weighted by Gasteiger charge is -2.30. The Balaban J connectivity index is 1.96. The van der Waals surface area contributed by atoms with Crippen molar-refractivity contribution in [3.05, 3.63) is 46.7 Å². The number of hydrogen-bond acceptors (Lipinski definition) is 2. The first-order valence-corrected chi connectivity index (χ1v) is 8.79. The lowest BCUT2D eigenvalue weighted by atomic mass is 10.0. The lowest BCUT2D eigenvalue weighted by molar-refractivity contribution is -0.883. The van der Waals surface area contributed by atoms with E-state index in [1.165, 1.54) is 4.90 Å². The van der Waals surface area contributed by atoms with Crippen LogP contribution in [0.1, 0.15) is 35.8 Å². The number of carbonyl (C=O) groups excluding carboxylic acids is 1. The number of nitrogens with zero attached hydrogens (tertiary/aromatic N) is 3. The molecule has 1 saturated heterocycles. The highest BCUT2D eigenvalue weighted by Crippen LogP contribution is 2.25. The summed E-state index contributed by atoms with van der Waals surface area (Å²) in [4.78, 5) is 16.4. The third kappa shape index (κ3) is 3.32. The Morgan fingerprint density at radius 1 is 1.29 bits per heavy atom. The van der Waals surface area contributed by atoms with Crippen LogP contribution in [-0.2, 0) is 0 Å². The summed E-state index contributed by atoms with van der Waals surface area (Å²) in [5, 5.41) is 5.14. The second-order valence-electron chi connectivity index (χ2n) is 6.74. The van der Waals surface area contributed by atoms with Gasteiger partial charge in [-0.2, -0.15) is 5.10 Å². The summed E-state index contributed by atoms with van der Waals surface area (Å²) in [5.41, 5.74) is 2.52. The maximum Gasteiger partial charge on any atom is 0.257 e. The molecule has 0 atom stereocenters. The highest BCUT2D eigenvalue weighted by Gasteiger charge is 2.27. The molecule has 1 aliphatic heterocycles. The minimum atomic E-state index is 0.0829. The Kier molecular flexibility index (Phi) is 4.92. The Labute approximate surface area is 147 Å². The second-order valence-corrected chi connectivity index (χ2v) is 7.18. The Bertz CT molecular complexity index is 732. The molecule has 1 aliphatic rings. The van der Waals surface area contributed by atoms with Gasteiger partial charge in [0.25, 0.3) is 5.91 Å². The number of halogens is 1. The number of piperazine rings is 1. The molecule has 24 heavy (non-hydrogen) atoms. The molecule has 0 aliphatic carbocycles. The van der Waals surface area contributed by atoms with Gasteiger partial charge in [-0.3, -0.25) is 4.79 Å². The Hall–Kier alpha value is -1.85. The fourth-order valence-corrected chi connectivity index (χ4v) is 3.34. The second kappa shape index (κ2) is 6.95. The molecule has 128 valence electrons. The average Bonchev–Trinajstić information content (AvgIpc) is 3.00. The predicted molar refractivity (Wildman–Crippen MR) is 95.2 cm³/mol. The summed E-state index contributed by atoms with van der Waals surface area (Å²) in [5.74, 6) is 0.267. The quantitative estimate of drug-likeness (QED) is 0.916. The van der Waals surface area contributed by atoms with E-state index in [2.05, 4.69) is 26.0 Å². The van der Waals surface area contributed by atoms with Gasteiger partial charge in [0.05, 0.1) is 56.4 Å².